The molecule has 0 aliphatic carbocycles. The van der Waals surface area contributed by atoms with Crippen molar-refractivity contribution in [3.05, 3.63) is 70.5 Å². The molecule has 1 aromatic heterocycles. The second-order valence-corrected chi connectivity index (χ2v) is 6.32. The van der Waals surface area contributed by atoms with Crippen LogP contribution in [0.5, 0.6) is 5.75 Å². The number of thioether (sulfide) groups is 1. The summed E-state index contributed by atoms with van der Waals surface area (Å²) in [5, 5.41) is 13.3. The van der Waals surface area contributed by atoms with Crippen molar-refractivity contribution in [1.82, 2.24) is 14.9 Å². The van der Waals surface area contributed by atoms with Gasteiger partial charge in [0.1, 0.15) is 5.75 Å². The summed E-state index contributed by atoms with van der Waals surface area (Å²) in [5.74, 6) is 1.37. The van der Waals surface area contributed by atoms with Crippen LogP contribution >= 0.6 is 11.8 Å². The fourth-order valence-electron chi connectivity index (χ4n) is 2.53. The first-order valence-electron chi connectivity index (χ1n) is 7.66. The highest BCUT2D eigenvalue weighted by Gasteiger charge is 2.20. The van der Waals surface area contributed by atoms with E-state index in [-0.39, 0.29) is 11.3 Å². The van der Waals surface area contributed by atoms with E-state index < -0.39 is 0 Å². The molecule has 0 atom stereocenters. The topological polar surface area (TPSA) is 69.4 Å². The van der Waals surface area contributed by atoms with E-state index in [0.717, 1.165) is 17.0 Å². The summed E-state index contributed by atoms with van der Waals surface area (Å²) in [6, 6.07) is 17.0. The lowest BCUT2D eigenvalue weighted by atomic mass is 10.1. The van der Waals surface area contributed by atoms with E-state index >= 15 is 0 Å². The molecule has 7 heteroatoms. The molecule has 0 N–H and O–H groups in total. The molecule has 0 fully saturated rings. The van der Waals surface area contributed by atoms with E-state index in [1.807, 2.05) is 30.3 Å². The van der Waals surface area contributed by atoms with Crippen molar-refractivity contribution in [2.24, 2.45) is 5.10 Å². The minimum Gasteiger partial charge on any atom is -0.497 e. The Hall–Kier alpha value is -2.93. The lowest BCUT2D eigenvalue weighted by Gasteiger charge is -2.15. The maximum absolute atomic E-state index is 12.9. The number of ether oxygens (including phenoxy) is 1. The van der Waals surface area contributed by atoms with Crippen molar-refractivity contribution in [2.45, 2.75) is 5.16 Å². The number of hydrogen-bond donors (Lipinski definition) is 0. The van der Waals surface area contributed by atoms with E-state index in [1.165, 1.54) is 16.4 Å². The molecular weight excluding hydrogens is 336 g/mol. The minimum absolute atomic E-state index is 0.269. The van der Waals surface area contributed by atoms with Gasteiger partial charge in [-0.05, 0) is 29.8 Å². The molecule has 25 heavy (non-hydrogen) atoms. The summed E-state index contributed by atoms with van der Waals surface area (Å²) in [6.07, 6.45) is 0. The number of fused-ring (bicyclic) bond motifs is 1. The van der Waals surface area contributed by atoms with E-state index in [1.54, 1.807) is 31.4 Å². The molecule has 1 aliphatic heterocycles. The van der Waals surface area contributed by atoms with Crippen LogP contribution in [-0.4, -0.2) is 33.4 Å². The van der Waals surface area contributed by atoms with Gasteiger partial charge < -0.3 is 4.74 Å². The third-order valence-electron chi connectivity index (χ3n) is 3.84. The molecule has 2 heterocycles. The zero-order valence-electron chi connectivity index (χ0n) is 13.4. The van der Waals surface area contributed by atoms with Gasteiger partial charge in [0, 0.05) is 11.3 Å². The standard InChI is InChI=1S/C18H14N4O2S/c1-24-14-9-7-13(8-10-14)16-17(23)22-18(20-19-16)25-11-15(21-22)12-5-3-2-4-6-12/h2-10H,11H2,1H3. The summed E-state index contributed by atoms with van der Waals surface area (Å²) in [4.78, 5) is 12.9. The number of nitrogens with zero attached hydrogens (tertiary/aromatic N) is 4. The fraction of sp³-hybridized carbons (Fsp3) is 0.111. The van der Waals surface area contributed by atoms with Crippen molar-refractivity contribution in [2.75, 3.05) is 12.9 Å². The van der Waals surface area contributed by atoms with Crippen molar-refractivity contribution in [3.8, 4) is 17.0 Å². The average Bonchev–Trinajstić information content (AvgIpc) is 2.69. The lowest BCUT2D eigenvalue weighted by Crippen LogP contribution is -2.28. The molecule has 3 aromatic rings. The number of benzene rings is 2. The Labute approximate surface area is 148 Å². The Bertz CT molecular complexity index is 998. The molecule has 1 aliphatic rings. The van der Waals surface area contributed by atoms with Crippen LogP contribution in [0.1, 0.15) is 5.56 Å². The molecule has 2 aromatic carbocycles. The number of rotatable bonds is 3. The number of aromatic nitrogens is 3. The zero-order chi connectivity index (χ0) is 17.2. The molecule has 0 radical (unpaired) electrons. The first-order valence-corrected chi connectivity index (χ1v) is 8.65. The summed E-state index contributed by atoms with van der Waals surface area (Å²) < 4.78 is 6.48. The van der Waals surface area contributed by atoms with Crippen molar-refractivity contribution >= 4 is 17.5 Å². The average molecular weight is 350 g/mol. The molecule has 124 valence electrons. The summed E-state index contributed by atoms with van der Waals surface area (Å²) >= 11 is 1.45. The van der Waals surface area contributed by atoms with Crippen molar-refractivity contribution in [1.29, 1.82) is 0 Å². The predicted molar refractivity (Wildman–Crippen MR) is 97.4 cm³/mol. The maximum atomic E-state index is 12.9. The smallest absolute Gasteiger partial charge is 0.301 e. The first-order chi connectivity index (χ1) is 12.3. The summed E-state index contributed by atoms with van der Waals surface area (Å²) in [5.41, 5.74) is 2.51. The fourth-order valence-corrected chi connectivity index (χ4v) is 3.36. The molecule has 0 spiro atoms. The van der Waals surface area contributed by atoms with E-state index in [4.69, 9.17) is 4.74 Å². The molecule has 0 unspecified atom stereocenters. The SMILES string of the molecule is COc1ccc(-c2nnc3n(c2=O)N=C(c2ccccc2)CS3)cc1. The van der Waals surface area contributed by atoms with Crippen LogP contribution in [-0.2, 0) is 0 Å². The second kappa shape index (κ2) is 6.52. The Balaban J connectivity index is 1.80. The van der Waals surface area contributed by atoms with Gasteiger partial charge in [-0.2, -0.15) is 9.78 Å². The van der Waals surface area contributed by atoms with Gasteiger partial charge in [0.2, 0.25) is 5.16 Å². The normalized spacial score (nSPS) is 13.1. The highest BCUT2D eigenvalue weighted by molar-refractivity contribution is 7.99. The van der Waals surface area contributed by atoms with Gasteiger partial charge >= 0.3 is 5.56 Å². The lowest BCUT2D eigenvalue weighted by molar-refractivity contribution is 0.415. The molecule has 0 saturated heterocycles. The molecule has 6 nitrogen and oxygen atoms in total. The van der Waals surface area contributed by atoms with Gasteiger partial charge in [0.05, 0.1) is 12.8 Å². The molecule has 0 bridgehead atoms. The van der Waals surface area contributed by atoms with Crippen LogP contribution < -0.4 is 10.3 Å². The minimum atomic E-state index is -0.282. The van der Waals surface area contributed by atoms with Crippen molar-refractivity contribution in [3.63, 3.8) is 0 Å². The van der Waals surface area contributed by atoms with Crippen LogP contribution in [0.4, 0.5) is 0 Å². The van der Waals surface area contributed by atoms with E-state index in [0.29, 0.717) is 16.5 Å². The zero-order valence-corrected chi connectivity index (χ0v) is 14.2. The predicted octanol–water partition coefficient (Wildman–Crippen LogP) is 2.67. The van der Waals surface area contributed by atoms with Gasteiger partial charge in [0.25, 0.3) is 0 Å². The van der Waals surface area contributed by atoms with Crippen LogP contribution in [0.3, 0.4) is 0 Å². The van der Waals surface area contributed by atoms with E-state index in [2.05, 4.69) is 15.3 Å². The van der Waals surface area contributed by atoms with E-state index in [9.17, 15) is 4.79 Å². The Morgan fingerprint density at radius 2 is 1.76 bits per heavy atom. The highest BCUT2D eigenvalue weighted by Crippen LogP contribution is 2.23. The second-order valence-electron chi connectivity index (χ2n) is 5.38. The van der Waals surface area contributed by atoms with Crippen LogP contribution in [0.2, 0.25) is 0 Å². The molecular formula is C18H14N4O2S. The molecule has 0 saturated carbocycles. The number of methoxy groups -OCH3 is 1. The Kier molecular flexibility index (Phi) is 4.07. The Morgan fingerprint density at radius 1 is 1.00 bits per heavy atom. The molecule has 0 amide bonds. The van der Waals surface area contributed by atoms with Crippen LogP contribution in [0, 0.1) is 0 Å². The van der Waals surface area contributed by atoms with Gasteiger partial charge in [-0.3, -0.25) is 4.79 Å². The van der Waals surface area contributed by atoms with Crippen LogP contribution in [0.15, 0.2) is 69.6 Å². The van der Waals surface area contributed by atoms with Crippen molar-refractivity contribution < 1.29 is 4.74 Å². The Morgan fingerprint density at radius 3 is 2.48 bits per heavy atom. The number of hydrogen-bond acceptors (Lipinski definition) is 6. The largest absolute Gasteiger partial charge is 0.497 e. The molecule has 4 rings (SSSR count). The highest BCUT2D eigenvalue weighted by atomic mass is 32.2. The maximum Gasteiger partial charge on any atom is 0.301 e. The van der Waals surface area contributed by atoms with Gasteiger partial charge in [0.15, 0.2) is 5.69 Å². The summed E-state index contributed by atoms with van der Waals surface area (Å²) in [7, 11) is 1.60. The van der Waals surface area contributed by atoms with Gasteiger partial charge in [-0.25, -0.2) is 0 Å². The monoisotopic (exact) mass is 350 g/mol. The third-order valence-corrected chi connectivity index (χ3v) is 4.77. The van der Waals surface area contributed by atoms with Gasteiger partial charge in [-0.1, -0.05) is 42.1 Å². The quantitative estimate of drug-likeness (QED) is 0.726. The first kappa shape index (κ1) is 15.6. The summed E-state index contributed by atoms with van der Waals surface area (Å²) in [6.45, 7) is 0. The van der Waals surface area contributed by atoms with Gasteiger partial charge in [-0.15, -0.1) is 10.2 Å². The third kappa shape index (κ3) is 2.94. The van der Waals surface area contributed by atoms with Crippen LogP contribution in [0.25, 0.3) is 11.3 Å².